The predicted octanol–water partition coefficient (Wildman–Crippen LogP) is 3.26. The summed E-state index contributed by atoms with van der Waals surface area (Å²) >= 11 is 4.80. The van der Waals surface area contributed by atoms with Crippen LogP contribution in [-0.2, 0) is 4.74 Å². The molecule has 0 atom stereocenters. The number of halogens is 1. The molecule has 0 spiro atoms. The average molecular weight is 275 g/mol. The predicted molar refractivity (Wildman–Crippen MR) is 59.9 cm³/mol. The van der Waals surface area contributed by atoms with E-state index in [1.54, 1.807) is 0 Å². The number of Topliss-reactive ketones (excluding diaryl/α,β-unsaturated/α-hetero) is 1. The van der Waals surface area contributed by atoms with E-state index in [1.807, 2.05) is 11.4 Å². The molecule has 0 bridgehead atoms. The SMILES string of the molecule is O=C(COC1CCC1)c1sccc1Br. The van der Waals surface area contributed by atoms with Crippen molar-refractivity contribution in [2.24, 2.45) is 0 Å². The van der Waals surface area contributed by atoms with Crippen molar-refractivity contribution in [3.8, 4) is 0 Å². The van der Waals surface area contributed by atoms with Gasteiger partial charge in [0.05, 0.1) is 11.0 Å². The fourth-order valence-electron chi connectivity index (χ4n) is 1.29. The zero-order valence-corrected chi connectivity index (χ0v) is 10.1. The van der Waals surface area contributed by atoms with Gasteiger partial charge in [0, 0.05) is 4.47 Å². The van der Waals surface area contributed by atoms with Crippen LogP contribution in [0.3, 0.4) is 0 Å². The summed E-state index contributed by atoms with van der Waals surface area (Å²) in [6, 6.07) is 1.89. The molecule has 1 heterocycles. The first kappa shape index (κ1) is 10.3. The minimum absolute atomic E-state index is 0.0822. The van der Waals surface area contributed by atoms with Crippen LogP contribution in [-0.4, -0.2) is 18.5 Å². The Morgan fingerprint density at radius 2 is 2.43 bits per heavy atom. The van der Waals surface area contributed by atoms with Gasteiger partial charge in [-0.05, 0) is 46.6 Å². The van der Waals surface area contributed by atoms with Crippen LogP contribution in [0.15, 0.2) is 15.9 Å². The van der Waals surface area contributed by atoms with Crippen LogP contribution < -0.4 is 0 Å². The molecule has 1 aliphatic carbocycles. The molecular formula is C10H11BrO2S. The number of thiophene rings is 1. The second-order valence-corrected chi connectivity index (χ2v) is 5.16. The highest BCUT2D eigenvalue weighted by molar-refractivity contribution is 9.10. The Hall–Kier alpha value is -0.190. The molecule has 76 valence electrons. The maximum Gasteiger partial charge on any atom is 0.199 e. The number of ether oxygens (including phenoxy) is 1. The van der Waals surface area contributed by atoms with E-state index in [0.29, 0.717) is 6.10 Å². The van der Waals surface area contributed by atoms with Crippen LogP contribution >= 0.6 is 27.3 Å². The quantitative estimate of drug-likeness (QED) is 0.788. The first-order valence-corrected chi connectivity index (χ1v) is 6.32. The van der Waals surface area contributed by atoms with Crippen molar-refractivity contribution in [2.45, 2.75) is 25.4 Å². The highest BCUT2D eigenvalue weighted by Crippen LogP contribution is 2.25. The minimum Gasteiger partial charge on any atom is -0.370 e. The summed E-state index contributed by atoms with van der Waals surface area (Å²) in [6.45, 7) is 0.226. The number of hydrogen-bond acceptors (Lipinski definition) is 3. The first-order chi connectivity index (χ1) is 6.77. The third kappa shape index (κ3) is 2.24. The Labute approximate surface area is 95.4 Å². The largest absolute Gasteiger partial charge is 0.370 e. The number of carbonyl (C=O) groups excluding carboxylic acids is 1. The molecule has 1 saturated carbocycles. The molecule has 4 heteroatoms. The average Bonchev–Trinajstić information content (AvgIpc) is 2.48. The molecule has 0 N–H and O–H groups in total. The van der Waals surface area contributed by atoms with Crippen LogP contribution in [0.4, 0.5) is 0 Å². The fraction of sp³-hybridized carbons (Fsp3) is 0.500. The van der Waals surface area contributed by atoms with E-state index in [0.717, 1.165) is 22.2 Å². The minimum atomic E-state index is 0.0822. The molecule has 0 aromatic carbocycles. The lowest BCUT2D eigenvalue weighted by atomic mass is 9.96. The molecular weight excluding hydrogens is 264 g/mol. The molecule has 1 fully saturated rings. The summed E-state index contributed by atoms with van der Waals surface area (Å²) in [4.78, 5) is 12.4. The van der Waals surface area contributed by atoms with Crippen molar-refractivity contribution in [1.82, 2.24) is 0 Å². The van der Waals surface area contributed by atoms with E-state index in [-0.39, 0.29) is 12.4 Å². The summed E-state index contributed by atoms with van der Waals surface area (Å²) < 4.78 is 6.33. The van der Waals surface area contributed by atoms with E-state index >= 15 is 0 Å². The van der Waals surface area contributed by atoms with Crippen LogP contribution in [0.5, 0.6) is 0 Å². The van der Waals surface area contributed by atoms with Crippen molar-refractivity contribution in [2.75, 3.05) is 6.61 Å². The van der Waals surface area contributed by atoms with Crippen molar-refractivity contribution in [3.05, 3.63) is 20.8 Å². The van der Waals surface area contributed by atoms with Gasteiger partial charge in [-0.1, -0.05) is 0 Å². The van der Waals surface area contributed by atoms with Crippen LogP contribution in [0.25, 0.3) is 0 Å². The summed E-state index contributed by atoms with van der Waals surface area (Å²) in [5.74, 6) is 0.0822. The Morgan fingerprint density at radius 3 is 2.93 bits per heavy atom. The van der Waals surface area contributed by atoms with Crippen molar-refractivity contribution < 1.29 is 9.53 Å². The van der Waals surface area contributed by atoms with Gasteiger partial charge < -0.3 is 4.74 Å². The van der Waals surface area contributed by atoms with Gasteiger partial charge in [-0.3, -0.25) is 4.79 Å². The van der Waals surface area contributed by atoms with E-state index < -0.39 is 0 Å². The monoisotopic (exact) mass is 274 g/mol. The zero-order chi connectivity index (χ0) is 9.97. The van der Waals surface area contributed by atoms with Gasteiger partial charge in [-0.2, -0.15) is 0 Å². The first-order valence-electron chi connectivity index (χ1n) is 4.65. The van der Waals surface area contributed by atoms with Gasteiger partial charge in [-0.15, -0.1) is 11.3 Å². The number of ketones is 1. The zero-order valence-electron chi connectivity index (χ0n) is 7.66. The molecule has 1 aliphatic rings. The second-order valence-electron chi connectivity index (χ2n) is 3.38. The molecule has 0 radical (unpaired) electrons. The summed E-state index contributed by atoms with van der Waals surface area (Å²) in [5.41, 5.74) is 0. The van der Waals surface area contributed by atoms with Crippen LogP contribution in [0, 0.1) is 0 Å². The highest BCUT2D eigenvalue weighted by atomic mass is 79.9. The van der Waals surface area contributed by atoms with Crippen molar-refractivity contribution in [1.29, 1.82) is 0 Å². The van der Waals surface area contributed by atoms with Crippen molar-refractivity contribution in [3.63, 3.8) is 0 Å². The highest BCUT2D eigenvalue weighted by Gasteiger charge is 2.20. The lowest BCUT2D eigenvalue weighted by Gasteiger charge is -2.24. The molecule has 0 unspecified atom stereocenters. The summed E-state index contributed by atoms with van der Waals surface area (Å²) in [5, 5.41) is 1.90. The molecule has 0 saturated heterocycles. The summed E-state index contributed by atoms with van der Waals surface area (Å²) in [6.07, 6.45) is 3.79. The van der Waals surface area contributed by atoms with Crippen LogP contribution in [0.2, 0.25) is 0 Å². The fourth-order valence-corrected chi connectivity index (χ4v) is 2.81. The third-order valence-electron chi connectivity index (χ3n) is 2.37. The van der Waals surface area contributed by atoms with Crippen LogP contribution in [0.1, 0.15) is 28.9 Å². The van der Waals surface area contributed by atoms with Crippen molar-refractivity contribution >= 4 is 33.0 Å². The van der Waals surface area contributed by atoms with Gasteiger partial charge >= 0.3 is 0 Å². The number of hydrogen-bond donors (Lipinski definition) is 0. The maximum absolute atomic E-state index is 11.6. The van der Waals surface area contributed by atoms with E-state index in [1.165, 1.54) is 17.8 Å². The normalized spacial score (nSPS) is 16.6. The smallest absolute Gasteiger partial charge is 0.199 e. The maximum atomic E-state index is 11.6. The molecule has 0 amide bonds. The number of carbonyl (C=O) groups is 1. The third-order valence-corrected chi connectivity index (χ3v) is 4.25. The Kier molecular flexibility index (Phi) is 3.36. The standard InChI is InChI=1S/C10H11BrO2S/c11-8-4-5-14-10(8)9(12)6-13-7-2-1-3-7/h4-5,7H,1-3,6H2. The topological polar surface area (TPSA) is 26.3 Å². The van der Waals surface area contributed by atoms with E-state index in [9.17, 15) is 4.79 Å². The Bertz CT molecular complexity index is 331. The van der Waals surface area contributed by atoms with Gasteiger partial charge in [0.1, 0.15) is 6.61 Å². The molecule has 14 heavy (non-hydrogen) atoms. The Balaban J connectivity index is 1.86. The lowest BCUT2D eigenvalue weighted by molar-refractivity contribution is 0.00745. The van der Waals surface area contributed by atoms with Gasteiger partial charge in [0.2, 0.25) is 0 Å². The lowest BCUT2D eigenvalue weighted by Crippen LogP contribution is -2.24. The van der Waals surface area contributed by atoms with Gasteiger partial charge in [0.25, 0.3) is 0 Å². The summed E-state index contributed by atoms with van der Waals surface area (Å²) in [7, 11) is 0. The Morgan fingerprint density at radius 1 is 1.64 bits per heavy atom. The molecule has 1 aromatic heterocycles. The second kappa shape index (κ2) is 4.55. The van der Waals surface area contributed by atoms with Gasteiger partial charge in [0.15, 0.2) is 5.78 Å². The van der Waals surface area contributed by atoms with E-state index in [2.05, 4.69) is 15.9 Å². The molecule has 2 nitrogen and oxygen atoms in total. The van der Waals surface area contributed by atoms with E-state index in [4.69, 9.17) is 4.74 Å². The molecule has 2 rings (SSSR count). The number of rotatable bonds is 4. The van der Waals surface area contributed by atoms with Gasteiger partial charge in [-0.25, -0.2) is 0 Å². The molecule has 0 aliphatic heterocycles. The molecule has 1 aromatic rings.